The minimum atomic E-state index is -0.513. The third kappa shape index (κ3) is 3.64. The third-order valence-corrected chi connectivity index (χ3v) is 4.82. The quantitative estimate of drug-likeness (QED) is 0.846. The van der Waals surface area contributed by atoms with Gasteiger partial charge >= 0.3 is 0 Å². The number of rotatable bonds is 4. The van der Waals surface area contributed by atoms with Gasteiger partial charge in [-0.1, -0.05) is 48.8 Å². The monoisotopic (exact) mass is 355 g/mol. The van der Waals surface area contributed by atoms with Crippen molar-refractivity contribution in [3.8, 4) is 0 Å². The van der Waals surface area contributed by atoms with Gasteiger partial charge in [0.15, 0.2) is 5.69 Å². The lowest BCUT2D eigenvalue weighted by Crippen LogP contribution is -2.57. The molecule has 0 spiro atoms. The minimum Gasteiger partial charge on any atom is -0.360 e. The fraction of sp³-hybridized carbons (Fsp3) is 0.450. The van der Waals surface area contributed by atoms with E-state index in [1.165, 1.54) is 5.56 Å². The zero-order valence-corrected chi connectivity index (χ0v) is 15.7. The smallest absolute Gasteiger partial charge is 0.276 e. The van der Waals surface area contributed by atoms with Crippen molar-refractivity contribution in [2.45, 2.75) is 46.2 Å². The Morgan fingerprint density at radius 3 is 2.58 bits per heavy atom. The molecule has 1 atom stereocenters. The fourth-order valence-electron chi connectivity index (χ4n) is 3.09. The minimum absolute atomic E-state index is 0.0437. The molecule has 0 saturated carbocycles. The average molecular weight is 355 g/mol. The second kappa shape index (κ2) is 7.32. The van der Waals surface area contributed by atoms with E-state index in [0.29, 0.717) is 25.4 Å². The molecular weight excluding hydrogens is 330 g/mol. The average Bonchev–Trinajstić information content (AvgIpc) is 3.11. The Labute approximate surface area is 153 Å². The molecule has 0 aliphatic carbocycles. The van der Waals surface area contributed by atoms with Crippen LogP contribution in [0.4, 0.5) is 0 Å². The highest BCUT2D eigenvalue weighted by Gasteiger charge is 2.35. The molecule has 0 unspecified atom stereocenters. The Morgan fingerprint density at radius 2 is 1.96 bits per heavy atom. The summed E-state index contributed by atoms with van der Waals surface area (Å²) in [7, 11) is 0. The van der Waals surface area contributed by atoms with Crippen LogP contribution in [-0.4, -0.2) is 45.9 Å². The number of hydrogen-bond acceptors (Lipinski definition) is 4. The fourth-order valence-corrected chi connectivity index (χ4v) is 3.09. The molecule has 2 aromatic rings. The van der Waals surface area contributed by atoms with Gasteiger partial charge in [-0.3, -0.25) is 9.59 Å². The first-order valence-corrected chi connectivity index (χ1v) is 8.98. The van der Waals surface area contributed by atoms with Crippen molar-refractivity contribution in [3.63, 3.8) is 0 Å². The molecule has 2 heterocycles. The summed E-state index contributed by atoms with van der Waals surface area (Å²) in [4.78, 5) is 28.9. The molecule has 6 nitrogen and oxygen atoms in total. The van der Waals surface area contributed by atoms with Gasteiger partial charge in [-0.25, -0.2) is 0 Å². The second-order valence-electron chi connectivity index (χ2n) is 7.19. The SMILES string of the molecule is Cc1ccc(CN2CCN(C(=O)c3cc(C(C)C)on3)[C@@H](C)C2=O)cc1. The number of benzene rings is 1. The van der Waals surface area contributed by atoms with E-state index in [1.54, 1.807) is 17.9 Å². The van der Waals surface area contributed by atoms with Crippen LogP contribution >= 0.6 is 0 Å². The predicted molar refractivity (Wildman–Crippen MR) is 97.7 cm³/mol. The summed E-state index contributed by atoms with van der Waals surface area (Å²) in [6.07, 6.45) is 0. The molecule has 0 bridgehead atoms. The molecule has 2 amide bonds. The molecule has 1 fully saturated rings. The number of nitrogens with zero attached hydrogens (tertiary/aromatic N) is 3. The third-order valence-electron chi connectivity index (χ3n) is 4.82. The van der Waals surface area contributed by atoms with Gasteiger partial charge < -0.3 is 14.3 Å². The molecule has 3 rings (SSSR count). The van der Waals surface area contributed by atoms with Crippen LogP contribution in [0.3, 0.4) is 0 Å². The number of amides is 2. The summed E-state index contributed by atoms with van der Waals surface area (Å²) in [5, 5.41) is 3.88. The lowest BCUT2D eigenvalue weighted by Gasteiger charge is -2.38. The Morgan fingerprint density at radius 1 is 1.27 bits per heavy atom. The molecule has 138 valence electrons. The van der Waals surface area contributed by atoms with Gasteiger partial charge in [0.2, 0.25) is 5.91 Å². The van der Waals surface area contributed by atoms with Gasteiger partial charge in [0.25, 0.3) is 5.91 Å². The van der Waals surface area contributed by atoms with E-state index >= 15 is 0 Å². The highest BCUT2D eigenvalue weighted by Crippen LogP contribution is 2.20. The lowest BCUT2D eigenvalue weighted by molar-refractivity contribution is -0.140. The first kappa shape index (κ1) is 18.2. The molecule has 0 radical (unpaired) electrons. The summed E-state index contributed by atoms with van der Waals surface area (Å²) in [5.41, 5.74) is 2.55. The zero-order valence-electron chi connectivity index (χ0n) is 15.7. The number of aromatic nitrogens is 1. The summed E-state index contributed by atoms with van der Waals surface area (Å²) < 4.78 is 5.22. The highest BCUT2D eigenvalue weighted by molar-refractivity contribution is 5.96. The zero-order chi connectivity index (χ0) is 18.8. The number of carbonyl (C=O) groups excluding carboxylic acids is 2. The normalized spacial score (nSPS) is 17.9. The molecular formula is C20H25N3O3. The molecule has 1 saturated heterocycles. The summed E-state index contributed by atoms with van der Waals surface area (Å²) in [6, 6.07) is 9.31. The van der Waals surface area contributed by atoms with E-state index in [2.05, 4.69) is 5.16 Å². The number of aryl methyl sites for hydroxylation is 1. The van der Waals surface area contributed by atoms with E-state index in [9.17, 15) is 9.59 Å². The Balaban J connectivity index is 1.68. The van der Waals surface area contributed by atoms with E-state index in [0.717, 1.165) is 5.56 Å². The van der Waals surface area contributed by atoms with Gasteiger partial charge in [0, 0.05) is 31.6 Å². The number of carbonyl (C=O) groups is 2. The van der Waals surface area contributed by atoms with Crippen molar-refractivity contribution in [2.75, 3.05) is 13.1 Å². The molecule has 1 aliphatic heterocycles. The summed E-state index contributed by atoms with van der Waals surface area (Å²) >= 11 is 0. The maximum absolute atomic E-state index is 12.7. The molecule has 26 heavy (non-hydrogen) atoms. The van der Waals surface area contributed by atoms with E-state index < -0.39 is 6.04 Å². The molecule has 0 N–H and O–H groups in total. The highest BCUT2D eigenvalue weighted by atomic mass is 16.5. The Kier molecular flexibility index (Phi) is 5.11. The molecule has 1 aromatic carbocycles. The van der Waals surface area contributed by atoms with Gasteiger partial charge in [0.05, 0.1) is 0 Å². The van der Waals surface area contributed by atoms with Crippen LogP contribution in [0.5, 0.6) is 0 Å². The topological polar surface area (TPSA) is 66.7 Å². The summed E-state index contributed by atoms with van der Waals surface area (Å²) in [5.74, 6) is 0.536. The van der Waals surface area contributed by atoms with Crippen LogP contribution in [0.15, 0.2) is 34.9 Å². The summed E-state index contributed by atoms with van der Waals surface area (Å²) in [6.45, 7) is 9.32. The maximum atomic E-state index is 12.7. The van der Waals surface area contributed by atoms with E-state index in [1.807, 2.05) is 49.9 Å². The maximum Gasteiger partial charge on any atom is 0.276 e. The number of hydrogen-bond donors (Lipinski definition) is 0. The standard InChI is InChI=1S/C20H25N3O3/c1-13(2)18-11-17(21-26-18)20(25)23-10-9-22(19(24)15(23)4)12-16-7-5-14(3)6-8-16/h5-8,11,13,15H,9-10,12H2,1-4H3/t15-/m0/s1. The van der Waals surface area contributed by atoms with Gasteiger partial charge in [0.1, 0.15) is 11.8 Å². The van der Waals surface area contributed by atoms with Crippen molar-refractivity contribution in [1.82, 2.24) is 15.0 Å². The first-order chi connectivity index (χ1) is 12.4. The van der Waals surface area contributed by atoms with Gasteiger partial charge in [-0.05, 0) is 19.4 Å². The first-order valence-electron chi connectivity index (χ1n) is 8.98. The van der Waals surface area contributed by atoms with Crippen LogP contribution in [0, 0.1) is 6.92 Å². The van der Waals surface area contributed by atoms with Crippen LogP contribution in [-0.2, 0) is 11.3 Å². The van der Waals surface area contributed by atoms with Crippen LogP contribution in [0.1, 0.15) is 54.1 Å². The van der Waals surface area contributed by atoms with Crippen molar-refractivity contribution < 1.29 is 14.1 Å². The van der Waals surface area contributed by atoms with E-state index in [4.69, 9.17) is 4.52 Å². The van der Waals surface area contributed by atoms with E-state index in [-0.39, 0.29) is 23.4 Å². The van der Waals surface area contributed by atoms with Crippen LogP contribution in [0.2, 0.25) is 0 Å². The van der Waals surface area contributed by atoms with Crippen molar-refractivity contribution in [2.24, 2.45) is 0 Å². The lowest BCUT2D eigenvalue weighted by atomic mass is 10.1. The molecule has 1 aromatic heterocycles. The van der Waals surface area contributed by atoms with Gasteiger partial charge in [-0.15, -0.1) is 0 Å². The van der Waals surface area contributed by atoms with Crippen molar-refractivity contribution >= 4 is 11.8 Å². The van der Waals surface area contributed by atoms with Crippen LogP contribution < -0.4 is 0 Å². The van der Waals surface area contributed by atoms with Crippen molar-refractivity contribution in [3.05, 3.63) is 52.9 Å². The molecule has 6 heteroatoms. The Bertz CT molecular complexity index is 795. The second-order valence-corrected chi connectivity index (χ2v) is 7.19. The largest absolute Gasteiger partial charge is 0.360 e. The predicted octanol–water partition coefficient (Wildman–Crippen LogP) is 2.98. The van der Waals surface area contributed by atoms with Gasteiger partial charge in [-0.2, -0.15) is 0 Å². The van der Waals surface area contributed by atoms with Crippen molar-refractivity contribution in [1.29, 1.82) is 0 Å². The molecule has 1 aliphatic rings. The Hall–Kier alpha value is -2.63. The van der Waals surface area contributed by atoms with Crippen LogP contribution in [0.25, 0.3) is 0 Å². The number of piperazine rings is 1.